The fraction of sp³-hybridized carbons (Fsp3) is 0.188. The Balaban J connectivity index is 0.000000383. The van der Waals surface area contributed by atoms with Crippen LogP contribution in [0.5, 0.6) is 5.75 Å². The first-order chi connectivity index (χ1) is 9.93. The summed E-state index contributed by atoms with van der Waals surface area (Å²) in [6.07, 6.45) is 0.943. The van der Waals surface area contributed by atoms with Gasteiger partial charge in [0, 0.05) is 6.42 Å². The van der Waals surface area contributed by atoms with Crippen molar-refractivity contribution in [2.75, 3.05) is 5.73 Å². The van der Waals surface area contributed by atoms with E-state index in [0.717, 1.165) is 51.2 Å². The van der Waals surface area contributed by atoms with Crippen LogP contribution in [-0.4, -0.2) is 44.1 Å². The third-order valence-electron chi connectivity index (χ3n) is 3.03. The molecule has 4 nitrogen and oxygen atoms in total. The Morgan fingerprint density at radius 1 is 1.24 bits per heavy atom. The molecule has 2 aromatic rings. The van der Waals surface area contributed by atoms with Gasteiger partial charge in [0.05, 0.1) is 0 Å². The number of anilines is 1. The summed E-state index contributed by atoms with van der Waals surface area (Å²) in [6, 6.07) is 13.5. The molecule has 0 spiro atoms. The van der Waals surface area contributed by atoms with Gasteiger partial charge in [-0.2, -0.15) is 0 Å². The number of benzene rings is 2. The zero-order chi connectivity index (χ0) is 15.8. The van der Waals surface area contributed by atoms with Crippen molar-refractivity contribution in [3.63, 3.8) is 0 Å². The van der Waals surface area contributed by atoms with E-state index >= 15 is 0 Å². The Morgan fingerprint density at radius 3 is 2.38 bits per heavy atom. The second-order valence-electron chi connectivity index (χ2n) is 4.74. The quantitative estimate of drug-likeness (QED) is 0.596. The number of hydrogen-bond acceptors (Lipinski definition) is 3. The van der Waals surface area contributed by atoms with Crippen LogP contribution in [0.2, 0.25) is 0 Å². The second kappa shape index (κ2) is 8.72. The Labute approximate surface area is 142 Å². The van der Waals surface area contributed by atoms with Gasteiger partial charge in [-0.3, -0.25) is 4.79 Å². The van der Waals surface area contributed by atoms with E-state index in [4.69, 9.17) is 10.8 Å². The summed E-state index contributed by atoms with van der Waals surface area (Å²) in [5.41, 5.74) is 8.82. The van der Waals surface area contributed by atoms with Gasteiger partial charge in [-0.05, 0) is 0 Å². The van der Waals surface area contributed by atoms with Crippen LogP contribution < -0.4 is 8.55 Å². The molecule has 0 aromatic heterocycles. The molecule has 0 atom stereocenters. The molecule has 0 radical (unpaired) electrons. The molecule has 0 aliphatic rings. The van der Waals surface area contributed by atoms with Gasteiger partial charge in [0.1, 0.15) is 0 Å². The fourth-order valence-corrected chi connectivity index (χ4v) is 1.99. The molecule has 4 N–H and O–H groups in total. The minimum absolute atomic E-state index is 0.222. The molecular formula is C16H18NNaO3. The van der Waals surface area contributed by atoms with Crippen molar-refractivity contribution in [3.05, 3.63) is 53.6 Å². The normalized spacial score (nSPS) is 9.67. The number of aromatic hydroxyl groups is 1. The van der Waals surface area contributed by atoms with E-state index in [9.17, 15) is 9.90 Å². The van der Waals surface area contributed by atoms with Crippen molar-refractivity contribution in [3.8, 4) is 5.75 Å². The van der Waals surface area contributed by atoms with Crippen LogP contribution in [0.3, 0.4) is 0 Å². The number of nitrogen functional groups attached to an aromatic ring is 1. The zero-order valence-electron chi connectivity index (χ0n) is 12.3. The van der Waals surface area contributed by atoms with Gasteiger partial charge in [-0.15, -0.1) is 0 Å². The molecule has 0 amide bonds. The summed E-state index contributed by atoms with van der Waals surface area (Å²) in [5.74, 6) is -0.402. The van der Waals surface area contributed by atoms with Crippen LogP contribution in [0.25, 0.3) is 0 Å². The number of carbonyl (C=O) groups is 1. The van der Waals surface area contributed by atoms with E-state index in [1.54, 1.807) is 13.0 Å². The number of phenols is 1. The average molecular weight is 295 g/mol. The molecule has 0 bridgehead atoms. The van der Waals surface area contributed by atoms with Crippen molar-refractivity contribution in [1.29, 1.82) is 0 Å². The van der Waals surface area contributed by atoms with Gasteiger partial charge in [0.2, 0.25) is 0 Å². The molecule has 0 unspecified atom stereocenters. The first-order valence-corrected chi connectivity index (χ1v) is 7.77. The molecule has 0 fully saturated rings. The predicted octanol–water partition coefficient (Wildman–Crippen LogP) is 1.84. The molecule has 21 heavy (non-hydrogen) atoms. The predicted molar refractivity (Wildman–Crippen MR) is 85.1 cm³/mol. The second-order valence-corrected chi connectivity index (χ2v) is 5.82. The van der Waals surface area contributed by atoms with Gasteiger partial charge in [0.15, 0.2) is 0 Å². The van der Waals surface area contributed by atoms with Crippen molar-refractivity contribution in [2.45, 2.75) is 19.8 Å². The summed E-state index contributed by atoms with van der Waals surface area (Å²) in [6.45, 7) is 1.60. The summed E-state index contributed by atoms with van der Waals surface area (Å²) in [7, 11) is 0. The Morgan fingerprint density at radius 2 is 1.86 bits per heavy atom. The summed E-state index contributed by atoms with van der Waals surface area (Å²) < 4.78 is 1.22. The van der Waals surface area contributed by atoms with Crippen LogP contribution in [-0.2, 0) is 11.2 Å². The molecule has 0 aliphatic heterocycles. The number of hydrogen-bond donors (Lipinski definition) is 3. The van der Waals surface area contributed by atoms with Crippen LogP contribution in [0.15, 0.2) is 42.5 Å². The minimum atomic E-state index is -0.745. The Bertz CT molecular complexity index is 614. The number of carboxylic acids is 1. The monoisotopic (exact) mass is 295 g/mol. The van der Waals surface area contributed by atoms with Crippen molar-refractivity contribution in [1.82, 2.24) is 0 Å². The van der Waals surface area contributed by atoms with Gasteiger partial charge >= 0.3 is 119 Å². The topological polar surface area (TPSA) is 83.5 Å². The summed E-state index contributed by atoms with van der Waals surface area (Å²) in [5, 5.41) is 17.4. The molecule has 2 aromatic carbocycles. The molecule has 0 saturated heterocycles. The number of carboxylic acid groups (broad SMARTS) is 1. The third kappa shape index (κ3) is 6.21. The van der Waals surface area contributed by atoms with E-state index < -0.39 is 5.97 Å². The number of rotatable bonds is 3. The van der Waals surface area contributed by atoms with Crippen LogP contribution in [0, 0.1) is 0 Å². The first-order valence-electron chi connectivity index (χ1n) is 6.77. The van der Waals surface area contributed by atoms with E-state index in [0.29, 0.717) is 5.75 Å². The Hall–Kier alpha value is -1.49. The molecule has 106 valence electrons. The van der Waals surface area contributed by atoms with Gasteiger partial charge in [0.25, 0.3) is 0 Å². The zero-order valence-corrected chi connectivity index (χ0v) is 14.3. The summed E-state index contributed by atoms with van der Waals surface area (Å²) in [4.78, 5) is 9.37. The van der Waals surface area contributed by atoms with Gasteiger partial charge < -0.3 is 5.11 Å². The number of aliphatic carboxylic acids is 1. The standard InChI is InChI=1S/C13H12NO.C3H6O2.Na/c14-12-6-3-4-10(9-12)8-11-5-1-2-7-13(11)15;1-2-3(4)5;/h1-5,7,9,15H,8,14H2;2H2,1H3,(H,4,5);. The SMILES string of the molecule is CCC(=O)O.Nc1cc(Cc2ccccc2O)cc[c]1[Na]. The van der Waals surface area contributed by atoms with Crippen molar-refractivity contribution >= 4 is 42.4 Å². The van der Waals surface area contributed by atoms with Gasteiger partial charge in [-0.1, -0.05) is 6.92 Å². The van der Waals surface area contributed by atoms with Gasteiger partial charge in [-0.25, -0.2) is 0 Å². The molecule has 0 heterocycles. The molecular weight excluding hydrogens is 277 g/mol. The van der Waals surface area contributed by atoms with E-state index in [1.165, 1.54) is 2.81 Å². The molecule has 0 aliphatic carbocycles. The maximum atomic E-state index is 9.67. The molecule has 5 heteroatoms. The fourth-order valence-electron chi connectivity index (χ4n) is 1.68. The summed E-state index contributed by atoms with van der Waals surface area (Å²) >= 11 is 0.971. The van der Waals surface area contributed by atoms with Crippen LogP contribution >= 0.6 is 0 Å². The number of nitrogens with two attached hydrogens (primary N) is 1. The molecule has 2 rings (SSSR count). The Kier molecular flexibility index (Phi) is 7.29. The maximum absolute atomic E-state index is 9.67. The first kappa shape index (κ1) is 17.6. The van der Waals surface area contributed by atoms with E-state index in [-0.39, 0.29) is 6.42 Å². The molecule has 0 saturated carbocycles. The van der Waals surface area contributed by atoms with Crippen molar-refractivity contribution in [2.24, 2.45) is 0 Å². The number of para-hydroxylation sites is 1. The third-order valence-corrected chi connectivity index (χ3v) is 3.94. The van der Waals surface area contributed by atoms with E-state index in [2.05, 4.69) is 12.1 Å². The average Bonchev–Trinajstić information content (AvgIpc) is 2.46. The van der Waals surface area contributed by atoms with Crippen LogP contribution in [0.1, 0.15) is 24.5 Å². The number of phenolic OH excluding ortho intramolecular Hbond substituents is 1. The van der Waals surface area contributed by atoms with E-state index in [1.807, 2.05) is 24.3 Å². The van der Waals surface area contributed by atoms with Crippen molar-refractivity contribution < 1.29 is 15.0 Å². The van der Waals surface area contributed by atoms with Crippen LogP contribution in [0.4, 0.5) is 5.69 Å².